The topological polar surface area (TPSA) is 58.1 Å². The van der Waals surface area contributed by atoms with E-state index in [1.807, 2.05) is 18.4 Å². The van der Waals surface area contributed by atoms with Crippen molar-refractivity contribution in [3.8, 4) is 0 Å². The van der Waals surface area contributed by atoms with Crippen molar-refractivity contribution in [2.45, 2.75) is 30.1 Å². The molecule has 0 unspecified atom stereocenters. The Morgan fingerprint density at radius 2 is 1.80 bits per heavy atom. The molecule has 1 N–H and O–H groups in total. The zero-order valence-corrected chi connectivity index (χ0v) is 18.7. The van der Waals surface area contributed by atoms with Crippen molar-refractivity contribution in [1.82, 2.24) is 15.1 Å². The Kier molecular flexibility index (Phi) is 7.15. The first kappa shape index (κ1) is 21.0. The maximum absolute atomic E-state index is 12.4. The van der Waals surface area contributed by atoms with E-state index in [9.17, 15) is 4.79 Å². The molecule has 2 heterocycles. The molecular weight excluding hydrogens is 412 g/mol. The molecule has 3 aromatic rings. The van der Waals surface area contributed by atoms with Crippen LogP contribution in [-0.2, 0) is 13.0 Å². The molecule has 1 aliphatic rings. The molecule has 0 spiro atoms. The van der Waals surface area contributed by atoms with E-state index in [1.165, 1.54) is 53.5 Å². The first-order valence-electron chi connectivity index (χ1n) is 10.2. The van der Waals surface area contributed by atoms with Gasteiger partial charge in [-0.3, -0.25) is 15.0 Å². The zero-order valence-electron chi connectivity index (χ0n) is 17.1. The average Bonchev–Trinajstić information content (AvgIpc) is 3.24. The van der Waals surface area contributed by atoms with Crippen LogP contribution in [0.15, 0.2) is 58.9 Å². The van der Waals surface area contributed by atoms with Gasteiger partial charge < -0.3 is 0 Å². The third-order valence-electron chi connectivity index (χ3n) is 5.50. The third kappa shape index (κ3) is 5.68. The van der Waals surface area contributed by atoms with Crippen LogP contribution in [0.3, 0.4) is 0 Å². The summed E-state index contributed by atoms with van der Waals surface area (Å²) in [4.78, 5) is 14.9. The van der Waals surface area contributed by atoms with Crippen molar-refractivity contribution in [3.05, 3.63) is 71.3 Å². The van der Waals surface area contributed by atoms with Gasteiger partial charge in [-0.15, -0.1) is 10.2 Å². The minimum Gasteiger partial charge on any atom is -0.299 e. The van der Waals surface area contributed by atoms with E-state index in [0.717, 1.165) is 29.9 Å². The molecule has 5 nitrogen and oxygen atoms in total. The zero-order chi connectivity index (χ0) is 20.8. The molecule has 2 aromatic carbocycles. The molecule has 0 bridgehead atoms. The smallest absolute Gasteiger partial charge is 0.257 e. The Hall–Kier alpha value is -2.22. The van der Waals surface area contributed by atoms with Crippen molar-refractivity contribution in [1.29, 1.82) is 0 Å². The number of thioether (sulfide) groups is 1. The van der Waals surface area contributed by atoms with Gasteiger partial charge in [0.1, 0.15) is 0 Å². The van der Waals surface area contributed by atoms with Crippen molar-refractivity contribution >= 4 is 34.1 Å². The van der Waals surface area contributed by atoms with E-state index in [4.69, 9.17) is 0 Å². The molecule has 0 saturated carbocycles. The van der Waals surface area contributed by atoms with Gasteiger partial charge in [-0.25, -0.2) is 0 Å². The summed E-state index contributed by atoms with van der Waals surface area (Å²) in [5.41, 5.74) is 3.33. The molecule has 0 aliphatic carbocycles. The number of carbonyl (C=O) groups excluding carboxylic acids is 1. The van der Waals surface area contributed by atoms with Crippen molar-refractivity contribution < 1.29 is 4.79 Å². The molecule has 30 heavy (non-hydrogen) atoms. The molecule has 1 aliphatic heterocycles. The number of nitrogens with one attached hydrogen (secondary N) is 1. The lowest BCUT2D eigenvalue weighted by atomic mass is 9.90. The molecule has 156 valence electrons. The summed E-state index contributed by atoms with van der Waals surface area (Å²) in [5.74, 6) is 0.633. The SMILES string of the molecule is CSc1nnc(NC(=O)c2ccc(CN3CCC(Cc4ccccc4)CC3)cc2)s1. The van der Waals surface area contributed by atoms with Gasteiger partial charge in [-0.2, -0.15) is 0 Å². The van der Waals surface area contributed by atoms with Crippen molar-refractivity contribution in [2.75, 3.05) is 24.7 Å². The van der Waals surface area contributed by atoms with Crippen LogP contribution in [0.2, 0.25) is 0 Å². The second kappa shape index (κ2) is 10.2. The van der Waals surface area contributed by atoms with Gasteiger partial charge in [0.2, 0.25) is 5.13 Å². The highest BCUT2D eigenvalue weighted by molar-refractivity contribution is 8.00. The number of carbonyl (C=O) groups is 1. The highest BCUT2D eigenvalue weighted by atomic mass is 32.2. The van der Waals surface area contributed by atoms with Crippen LogP contribution in [-0.4, -0.2) is 40.3 Å². The standard InChI is InChI=1S/C23H26N4OS2/c1-29-23-26-25-22(30-23)24-21(28)20-9-7-19(8-10-20)16-27-13-11-18(12-14-27)15-17-5-3-2-4-6-17/h2-10,18H,11-16H2,1H3,(H,24,25,28). The summed E-state index contributed by atoms with van der Waals surface area (Å²) < 4.78 is 0.841. The first-order chi connectivity index (χ1) is 14.7. The van der Waals surface area contributed by atoms with E-state index in [2.05, 4.69) is 62.9 Å². The van der Waals surface area contributed by atoms with Gasteiger partial charge >= 0.3 is 0 Å². The second-order valence-electron chi connectivity index (χ2n) is 7.64. The lowest BCUT2D eigenvalue weighted by molar-refractivity contribution is 0.102. The molecule has 1 saturated heterocycles. The molecule has 4 rings (SSSR count). The number of benzene rings is 2. The van der Waals surface area contributed by atoms with Crippen LogP contribution in [0.1, 0.15) is 34.3 Å². The Bertz CT molecular complexity index is 951. The Morgan fingerprint density at radius 1 is 1.07 bits per heavy atom. The summed E-state index contributed by atoms with van der Waals surface area (Å²) in [6, 6.07) is 18.7. The van der Waals surface area contributed by atoms with Gasteiger partial charge in [0.25, 0.3) is 5.91 Å². The number of rotatable bonds is 7. The van der Waals surface area contributed by atoms with Gasteiger partial charge in [-0.05, 0) is 67.8 Å². The first-order valence-corrected chi connectivity index (χ1v) is 12.3. The fraction of sp³-hybridized carbons (Fsp3) is 0.348. The number of aromatic nitrogens is 2. The minimum atomic E-state index is -0.146. The fourth-order valence-electron chi connectivity index (χ4n) is 3.83. The predicted octanol–water partition coefficient (Wildman–Crippen LogP) is 4.97. The number of anilines is 1. The third-order valence-corrected chi connectivity index (χ3v) is 7.31. The maximum atomic E-state index is 12.4. The Balaban J connectivity index is 1.25. The van der Waals surface area contributed by atoms with E-state index in [-0.39, 0.29) is 5.91 Å². The molecule has 0 radical (unpaired) electrons. The van der Waals surface area contributed by atoms with Gasteiger partial charge in [0.15, 0.2) is 4.34 Å². The minimum absolute atomic E-state index is 0.146. The summed E-state index contributed by atoms with van der Waals surface area (Å²) >= 11 is 2.91. The normalized spacial score (nSPS) is 15.2. The quantitative estimate of drug-likeness (QED) is 0.417. The number of nitrogens with zero attached hydrogens (tertiary/aromatic N) is 3. The lowest BCUT2D eigenvalue weighted by Crippen LogP contribution is -2.33. The number of hydrogen-bond acceptors (Lipinski definition) is 6. The molecule has 7 heteroatoms. The van der Waals surface area contributed by atoms with E-state index >= 15 is 0 Å². The number of amides is 1. The molecular formula is C23H26N4OS2. The maximum Gasteiger partial charge on any atom is 0.257 e. The second-order valence-corrected chi connectivity index (χ2v) is 9.67. The number of hydrogen-bond donors (Lipinski definition) is 1. The van der Waals surface area contributed by atoms with Crippen LogP contribution in [0.4, 0.5) is 5.13 Å². The number of likely N-dealkylation sites (tertiary alicyclic amines) is 1. The molecule has 1 fully saturated rings. The molecule has 1 amide bonds. The van der Waals surface area contributed by atoms with Gasteiger partial charge in [0.05, 0.1) is 0 Å². The average molecular weight is 439 g/mol. The number of piperidine rings is 1. The van der Waals surface area contributed by atoms with Crippen LogP contribution in [0, 0.1) is 5.92 Å². The predicted molar refractivity (Wildman–Crippen MR) is 124 cm³/mol. The fourth-order valence-corrected chi connectivity index (χ4v) is 4.99. The Morgan fingerprint density at radius 3 is 2.47 bits per heavy atom. The molecule has 1 aromatic heterocycles. The lowest BCUT2D eigenvalue weighted by Gasteiger charge is -2.32. The van der Waals surface area contributed by atoms with E-state index < -0.39 is 0 Å². The van der Waals surface area contributed by atoms with Crippen LogP contribution in [0.5, 0.6) is 0 Å². The Labute approximate surface area is 185 Å². The largest absolute Gasteiger partial charge is 0.299 e. The van der Waals surface area contributed by atoms with Crippen LogP contribution in [0.25, 0.3) is 0 Å². The summed E-state index contributed by atoms with van der Waals surface area (Å²) in [7, 11) is 0. The highest BCUT2D eigenvalue weighted by Gasteiger charge is 2.19. The summed E-state index contributed by atoms with van der Waals surface area (Å²) in [6.07, 6.45) is 5.62. The van der Waals surface area contributed by atoms with E-state index in [1.54, 1.807) is 0 Å². The monoisotopic (exact) mass is 438 g/mol. The van der Waals surface area contributed by atoms with Crippen molar-refractivity contribution in [3.63, 3.8) is 0 Å². The van der Waals surface area contributed by atoms with Crippen molar-refractivity contribution in [2.24, 2.45) is 5.92 Å². The van der Waals surface area contributed by atoms with E-state index in [0.29, 0.717) is 10.7 Å². The highest BCUT2D eigenvalue weighted by Crippen LogP contribution is 2.24. The summed E-state index contributed by atoms with van der Waals surface area (Å²) in [5, 5.41) is 11.3. The summed E-state index contributed by atoms with van der Waals surface area (Å²) in [6.45, 7) is 3.20. The van der Waals surface area contributed by atoms with Crippen LogP contribution < -0.4 is 5.32 Å². The molecule has 0 atom stereocenters. The van der Waals surface area contributed by atoms with Gasteiger partial charge in [-0.1, -0.05) is 65.6 Å². The van der Waals surface area contributed by atoms with Crippen LogP contribution >= 0.6 is 23.1 Å². The van der Waals surface area contributed by atoms with Gasteiger partial charge in [0, 0.05) is 12.1 Å².